The van der Waals surface area contributed by atoms with E-state index in [2.05, 4.69) is 12.6 Å². The number of ether oxygens (including phenoxy) is 3. The smallest absolute Gasteiger partial charge is 0.0893 e. The predicted octanol–water partition coefficient (Wildman–Crippen LogP) is 0.553. The van der Waals surface area contributed by atoms with E-state index < -0.39 is 0 Å². The SMILES string of the molecule is COCCOCCOCS. The Morgan fingerprint density at radius 3 is 2.20 bits per heavy atom. The van der Waals surface area contributed by atoms with E-state index in [9.17, 15) is 0 Å². The van der Waals surface area contributed by atoms with Gasteiger partial charge in [0.1, 0.15) is 0 Å². The topological polar surface area (TPSA) is 27.7 Å². The highest BCUT2D eigenvalue weighted by Gasteiger charge is 1.86. The molecule has 0 aliphatic carbocycles. The van der Waals surface area contributed by atoms with Crippen molar-refractivity contribution in [2.45, 2.75) is 0 Å². The molecule has 0 saturated carbocycles. The number of rotatable bonds is 7. The first-order valence-electron chi connectivity index (χ1n) is 3.17. The number of methoxy groups -OCH3 is 1. The van der Waals surface area contributed by atoms with Crippen molar-refractivity contribution in [1.82, 2.24) is 0 Å². The molecule has 0 atom stereocenters. The van der Waals surface area contributed by atoms with Crippen molar-refractivity contribution in [3.8, 4) is 0 Å². The Balaban J connectivity index is 2.65. The molecule has 0 rings (SSSR count). The van der Waals surface area contributed by atoms with Gasteiger partial charge < -0.3 is 14.2 Å². The largest absolute Gasteiger partial charge is 0.382 e. The Kier molecular flexibility index (Phi) is 9.44. The molecular formula is C6H14O3S. The van der Waals surface area contributed by atoms with Crippen molar-refractivity contribution < 1.29 is 14.2 Å². The monoisotopic (exact) mass is 166 g/mol. The van der Waals surface area contributed by atoms with Gasteiger partial charge in [0.2, 0.25) is 0 Å². The molecule has 0 aromatic carbocycles. The summed E-state index contributed by atoms with van der Waals surface area (Å²) in [5.41, 5.74) is 0. The van der Waals surface area contributed by atoms with Gasteiger partial charge in [0, 0.05) is 7.11 Å². The Morgan fingerprint density at radius 2 is 1.60 bits per heavy atom. The first-order chi connectivity index (χ1) is 4.91. The fraction of sp³-hybridized carbons (Fsp3) is 1.00. The maximum atomic E-state index is 5.09. The van der Waals surface area contributed by atoms with Crippen molar-refractivity contribution in [2.24, 2.45) is 0 Å². The summed E-state index contributed by atoms with van der Waals surface area (Å²) in [5, 5.41) is 0. The highest BCUT2D eigenvalue weighted by atomic mass is 32.1. The molecule has 62 valence electrons. The summed E-state index contributed by atoms with van der Waals surface area (Å²) < 4.78 is 14.8. The van der Waals surface area contributed by atoms with Gasteiger partial charge in [-0.2, -0.15) is 12.6 Å². The van der Waals surface area contributed by atoms with Gasteiger partial charge in [-0.05, 0) is 0 Å². The highest BCUT2D eigenvalue weighted by molar-refractivity contribution is 7.80. The predicted molar refractivity (Wildman–Crippen MR) is 42.5 cm³/mol. The van der Waals surface area contributed by atoms with Crippen LogP contribution in [0, 0.1) is 0 Å². The minimum absolute atomic E-state index is 0.452. The Labute approximate surface area is 67.1 Å². The van der Waals surface area contributed by atoms with Crippen LogP contribution in [0.4, 0.5) is 0 Å². The van der Waals surface area contributed by atoms with Crippen molar-refractivity contribution in [1.29, 1.82) is 0 Å². The second-order valence-corrected chi connectivity index (χ2v) is 1.90. The number of thiol groups is 1. The first kappa shape index (κ1) is 10.2. The second-order valence-electron chi connectivity index (χ2n) is 1.64. The van der Waals surface area contributed by atoms with E-state index >= 15 is 0 Å². The van der Waals surface area contributed by atoms with E-state index in [0.29, 0.717) is 32.4 Å². The molecule has 0 heterocycles. The summed E-state index contributed by atoms with van der Waals surface area (Å²) in [7, 11) is 1.65. The molecule has 0 bridgehead atoms. The molecule has 4 heteroatoms. The van der Waals surface area contributed by atoms with Crippen LogP contribution in [0.2, 0.25) is 0 Å². The van der Waals surface area contributed by atoms with Crippen molar-refractivity contribution in [2.75, 3.05) is 39.5 Å². The summed E-state index contributed by atoms with van der Waals surface area (Å²) in [5.74, 6) is 0.452. The zero-order chi connectivity index (χ0) is 7.66. The van der Waals surface area contributed by atoms with E-state index in [1.807, 2.05) is 0 Å². The lowest BCUT2D eigenvalue weighted by Crippen LogP contribution is -2.07. The maximum Gasteiger partial charge on any atom is 0.0893 e. The third-order valence-corrected chi connectivity index (χ3v) is 1.08. The Hall–Kier alpha value is 0.230. The Bertz CT molecular complexity index is 53.0. The van der Waals surface area contributed by atoms with Crippen LogP contribution in [-0.2, 0) is 14.2 Å². The van der Waals surface area contributed by atoms with Crippen LogP contribution in [0.1, 0.15) is 0 Å². The molecule has 0 radical (unpaired) electrons. The first-order valence-corrected chi connectivity index (χ1v) is 3.80. The third kappa shape index (κ3) is 8.23. The summed E-state index contributed by atoms with van der Waals surface area (Å²) in [4.78, 5) is 0. The van der Waals surface area contributed by atoms with E-state index in [-0.39, 0.29) is 0 Å². The van der Waals surface area contributed by atoms with Gasteiger partial charge in [-0.15, -0.1) is 0 Å². The van der Waals surface area contributed by atoms with E-state index in [0.717, 1.165) is 0 Å². The molecule has 0 amide bonds. The van der Waals surface area contributed by atoms with Crippen molar-refractivity contribution >= 4 is 12.6 Å². The van der Waals surface area contributed by atoms with Gasteiger partial charge in [-0.25, -0.2) is 0 Å². The van der Waals surface area contributed by atoms with Gasteiger partial charge in [0.05, 0.1) is 32.4 Å². The number of hydrogen-bond acceptors (Lipinski definition) is 4. The summed E-state index contributed by atoms with van der Waals surface area (Å²) >= 11 is 3.86. The fourth-order valence-electron chi connectivity index (χ4n) is 0.427. The maximum absolute atomic E-state index is 5.09. The summed E-state index contributed by atoms with van der Waals surface area (Å²) in [6, 6.07) is 0. The number of hydrogen-bond donors (Lipinski definition) is 1. The molecular weight excluding hydrogens is 152 g/mol. The zero-order valence-corrected chi connectivity index (χ0v) is 7.10. The molecule has 0 aromatic heterocycles. The van der Waals surface area contributed by atoms with Crippen LogP contribution in [-0.4, -0.2) is 39.5 Å². The van der Waals surface area contributed by atoms with Crippen LogP contribution in [0.5, 0.6) is 0 Å². The van der Waals surface area contributed by atoms with Gasteiger partial charge in [-0.1, -0.05) is 0 Å². The lowest BCUT2D eigenvalue weighted by molar-refractivity contribution is 0.0358. The molecule has 0 spiro atoms. The lowest BCUT2D eigenvalue weighted by atomic mass is 10.7. The van der Waals surface area contributed by atoms with Crippen LogP contribution in [0.3, 0.4) is 0 Å². The van der Waals surface area contributed by atoms with Crippen LogP contribution in [0.25, 0.3) is 0 Å². The molecule has 0 aliphatic rings. The minimum Gasteiger partial charge on any atom is -0.382 e. The quantitative estimate of drug-likeness (QED) is 0.340. The fourth-order valence-corrected chi connectivity index (χ4v) is 0.556. The molecule has 0 aromatic rings. The van der Waals surface area contributed by atoms with E-state index in [1.54, 1.807) is 7.11 Å². The normalized spacial score (nSPS) is 10.2. The average molecular weight is 166 g/mol. The van der Waals surface area contributed by atoms with Crippen LogP contribution in [0.15, 0.2) is 0 Å². The van der Waals surface area contributed by atoms with Crippen molar-refractivity contribution in [3.05, 3.63) is 0 Å². The average Bonchev–Trinajstić information content (AvgIpc) is 1.97. The molecule has 0 unspecified atom stereocenters. The molecule has 3 nitrogen and oxygen atoms in total. The molecule has 10 heavy (non-hydrogen) atoms. The zero-order valence-electron chi connectivity index (χ0n) is 6.21. The summed E-state index contributed by atoms with van der Waals surface area (Å²) in [6.45, 7) is 2.49. The molecule has 0 N–H and O–H groups in total. The lowest BCUT2D eigenvalue weighted by Gasteiger charge is -2.02. The third-order valence-electron chi connectivity index (χ3n) is 0.895. The highest BCUT2D eigenvalue weighted by Crippen LogP contribution is 1.80. The van der Waals surface area contributed by atoms with Crippen LogP contribution >= 0.6 is 12.6 Å². The second kappa shape index (κ2) is 9.23. The minimum atomic E-state index is 0.452. The molecule has 0 saturated heterocycles. The van der Waals surface area contributed by atoms with E-state index in [1.165, 1.54) is 0 Å². The Morgan fingerprint density at radius 1 is 1.00 bits per heavy atom. The standard InChI is InChI=1S/C6H14O3S/c1-7-2-3-8-4-5-9-6-10/h10H,2-6H2,1H3. The molecule has 0 aliphatic heterocycles. The van der Waals surface area contributed by atoms with Gasteiger partial charge in [0.25, 0.3) is 0 Å². The van der Waals surface area contributed by atoms with Crippen molar-refractivity contribution in [3.63, 3.8) is 0 Å². The van der Waals surface area contributed by atoms with Gasteiger partial charge in [-0.3, -0.25) is 0 Å². The van der Waals surface area contributed by atoms with E-state index in [4.69, 9.17) is 14.2 Å². The van der Waals surface area contributed by atoms with Gasteiger partial charge >= 0.3 is 0 Å². The summed E-state index contributed by atoms with van der Waals surface area (Å²) in [6.07, 6.45) is 0. The molecule has 0 fully saturated rings. The van der Waals surface area contributed by atoms with Crippen LogP contribution < -0.4 is 0 Å². The van der Waals surface area contributed by atoms with Gasteiger partial charge in [0.15, 0.2) is 0 Å².